The van der Waals surface area contributed by atoms with Crippen LogP contribution in [0.2, 0.25) is 0 Å². The van der Waals surface area contributed by atoms with E-state index in [2.05, 4.69) is 49.9 Å². The van der Waals surface area contributed by atoms with Gasteiger partial charge in [-0.05, 0) is 24.3 Å². The van der Waals surface area contributed by atoms with Crippen molar-refractivity contribution in [1.82, 2.24) is 9.80 Å². The smallest absolute Gasteiger partial charge is 0.407 e. The molecular weight excluding hydrogens is 304 g/mol. The number of aliphatic hydroxyl groups is 1. The van der Waals surface area contributed by atoms with Crippen LogP contribution in [0.3, 0.4) is 0 Å². The minimum absolute atomic E-state index is 0.0299. The van der Waals surface area contributed by atoms with Gasteiger partial charge >= 0.3 is 6.09 Å². The lowest BCUT2D eigenvalue weighted by Gasteiger charge is -2.47. The van der Waals surface area contributed by atoms with E-state index < -0.39 is 12.2 Å². The summed E-state index contributed by atoms with van der Waals surface area (Å²) >= 11 is 0. The Balaban J connectivity index is 2.26. The van der Waals surface area contributed by atoms with Crippen LogP contribution in [0.5, 0.6) is 0 Å². The summed E-state index contributed by atoms with van der Waals surface area (Å²) in [5.74, 6) is 0. The molecule has 1 fully saturated rings. The van der Waals surface area contributed by atoms with E-state index in [0.29, 0.717) is 26.1 Å². The Morgan fingerprint density at radius 1 is 1.25 bits per heavy atom. The summed E-state index contributed by atoms with van der Waals surface area (Å²) in [5, 5.41) is 19.2. The molecule has 0 radical (unpaired) electrons. The molecule has 2 N–H and O–H groups in total. The number of hydrogen-bond acceptors (Lipinski definition) is 3. The largest absolute Gasteiger partial charge is 0.465 e. The molecule has 0 spiro atoms. The Labute approximate surface area is 144 Å². The maximum atomic E-state index is 11.5. The van der Waals surface area contributed by atoms with E-state index in [1.807, 2.05) is 6.07 Å². The van der Waals surface area contributed by atoms with Crippen LogP contribution in [0.25, 0.3) is 0 Å². The maximum absolute atomic E-state index is 11.5. The molecule has 2 unspecified atom stereocenters. The van der Waals surface area contributed by atoms with Crippen LogP contribution in [-0.2, 0) is 0 Å². The zero-order valence-corrected chi connectivity index (χ0v) is 15.1. The topological polar surface area (TPSA) is 64.0 Å². The first-order valence-electron chi connectivity index (χ1n) is 8.66. The van der Waals surface area contributed by atoms with Gasteiger partial charge in [0.25, 0.3) is 0 Å². The van der Waals surface area contributed by atoms with Crippen molar-refractivity contribution >= 4 is 6.09 Å². The second-order valence-corrected chi connectivity index (χ2v) is 7.89. The number of hydrogen-bond donors (Lipinski definition) is 2. The van der Waals surface area contributed by atoms with Gasteiger partial charge in [-0.25, -0.2) is 4.79 Å². The van der Waals surface area contributed by atoms with Gasteiger partial charge in [0.1, 0.15) is 0 Å². The van der Waals surface area contributed by atoms with Crippen molar-refractivity contribution in [2.75, 3.05) is 19.6 Å². The molecule has 1 aromatic carbocycles. The van der Waals surface area contributed by atoms with Gasteiger partial charge in [-0.2, -0.15) is 0 Å². The molecule has 1 amide bonds. The van der Waals surface area contributed by atoms with E-state index in [-0.39, 0.29) is 17.5 Å². The lowest BCUT2D eigenvalue weighted by molar-refractivity contribution is 0.00222. The molecule has 0 saturated carbocycles. The third-order valence-corrected chi connectivity index (χ3v) is 4.67. The highest BCUT2D eigenvalue weighted by atomic mass is 16.4. The normalized spacial score (nSPS) is 22.2. The fourth-order valence-corrected chi connectivity index (χ4v) is 3.86. The Hall–Kier alpha value is -1.59. The Kier molecular flexibility index (Phi) is 5.88. The van der Waals surface area contributed by atoms with Crippen molar-refractivity contribution in [1.29, 1.82) is 0 Å². The van der Waals surface area contributed by atoms with Gasteiger partial charge in [0.05, 0.1) is 12.1 Å². The van der Waals surface area contributed by atoms with Gasteiger partial charge < -0.3 is 15.1 Å². The zero-order valence-electron chi connectivity index (χ0n) is 15.1. The molecular formula is C19H30N2O3. The minimum Gasteiger partial charge on any atom is -0.465 e. The zero-order chi connectivity index (χ0) is 17.9. The first kappa shape index (κ1) is 18.7. The van der Waals surface area contributed by atoms with E-state index in [9.17, 15) is 15.0 Å². The summed E-state index contributed by atoms with van der Waals surface area (Å²) in [6, 6.07) is 10.4. The van der Waals surface area contributed by atoms with E-state index in [4.69, 9.17) is 0 Å². The molecule has 3 atom stereocenters. The van der Waals surface area contributed by atoms with Crippen molar-refractivity contribution < 1.29 is 15.0 Å². The molecule has 134 valence electrons. The van der Waals surface area contributed by atoms with Gasteiger partial charge in [-0.3, -0.25) is 4.90 Å². The Morgan fingerprint density at radius 3 is 2.38 bits per heavy atom. The number of carboxylic acid groups (broad SMARTS) is 1. The predicted octanol–water partition coefficient (Wildman–Crippen LogP) is 3.21. The Bertz CT molecular complexity index is 539. The highest BCUT2D eigenvalue weighted by Crippen LogP contribution is 2.39. The summed E-state index contributed by atoms with van der Waals surface area (Å²) in [6.07, 6.45) is -0.942. The number of aliphatic hydroxyl groups excluding tert-OH is 1. The molecule has 0 aliphatic carbocycles. The average molecular weight is 334 g/mol. The molecule has 2 rings (SSSR count). The molecule has 1 heterocycles. The van der Waals surface area contributed by atoms with Gasteiger partial charge in [0.15, 0.2) is 0 Å². The van der Waals surface area contributed by atoms with Crippen molar-refractivity contribution in [3.63, 3.8) is 0 Å². The summed E-state index contributed by atoms with van der Waals surface area (Å²) in [4.78, 5) is 15.4. The van der Waals surface area contributed by atoms with Gasteiger partial charge in [0.2, 0.25) is 0 Å². The standard InChI is InChI=1S/C19H30N2O3/c1-14(22)12-16-13-20(10-11-21(16)18(23)24)17(19(2,3)4)15-8-6-5-7-9-15/h5-9,14,16-17,22H,10-13H2,1-4H3,(H,23,24)/t14?,16-,17?/m0/s1. The summed E-state index contributed by atoms with van der Waals surface area (Å²) < 4.78 is 0. The Morgan fingerprint density at radius 2 is 1.88 bits per heavy atom. The summed E-state index contributed by atoms with van der Waals surface area (Å²) in [7, 11) is 0. The lowest BCUT2D eigenvalue weighted by atomic mass is 9.80. The number of amides is 1. The van der Waals surface area contributed by atoms with E-state index in [1.165, 1.54) is 10.5 Å². The molecule has 1 aliphatic heterocycles. The van der Waals surface area contributed by atoms with Gasteiger partial charge in [0, 0.05) is 25.7 Å². The second-order valence-electron chi connectivity index (χ2n) is 7.89. The van der Waals surface area contributed by atoms with Crippen molar-refractivity contribution in [2.45, 2.75) is 52.3 Å². The number of carbonyl (C=O) groups is 1. The maximum Gasteiger partial charge on any atom is 0.407 e. The molecule has 0 aromatic heterocycles. The van der Waals surface area contributed by atoms with Gasteiger partial charge in [-0.1, -0.05) is 51.1 Å². The lowest BCUT2D eigenvalue weighted by Crippen LogP contribution is -2.57. The number of rotatable bonds is 4. The van der Waals surface area contributed by atoms with Crippen LogP contribution in [-0.4, -0.2) is 57.9 Å². The SMILES string of the molecule is CC(O)C[C@H]1CN(C(c2ccccc2)C(C)(C)C)CCN1C(=O)O. The molecule has 5 heteroatoms. The third-order valence-electron chi connectivity index (χ3n) is 4.67. The van der Waals surface area contributed by atoms with Gasteiger partial charge in [-0.15, -0.1) is 0 Å². The highest BCUT2D eigenvalue weighted by Gasteiger charge is 2.38. The van der Waals surface area contributed by atoms with Crippen LogP contribution in [0.15, 0.2) is 30.3 Å². The van der Waals surface area contributed by atoms with E-state index in [0.717, 1.165) is 0 Å². The fraction of sp³-hybridized carbons (Fsp3) is 0.632. The van der Waals surface area contributed by atoms with Crippen molar-refractivity contribution in [3.05, 3.63) is 35.9 Å². The number of nitrogens with zero attached hydrogens (tertiary/aromatic N) is 2. The van der Waals surface area contributed by atoms with Crippen molar-refractivity contribution in [3.8, 4) is 0 Å². The van der Waals surface area contributed by atoms with Crippen LogP contribution < -0.4 is 0 Å². The molecule has 1 aliphatic rings. The van der Waals surface area contributed by atoms with E-state index >= 15 is 0 Å². The average Bonchev–Trinajstić information content (AvgIpc) is 2.46. The highest BCUT2D eigenvalue weighted by molar-refractivity contribution is 5.65. The van der Waals surface area contributed by atoms with E-state index in [1.54, 1.807) is 6.92 Å². The van der Waals surface area contributed by atoms with Crippen LogP contribution in [0.4, 0.5) is 4.79 Å². The monoisotopic (exact) mass is 334 g/mol. The first-order valence-corrected chi connectivity index (χ1v) is 8.66. The molecule has 1 saturated heterocycles. The molecule has 1 aromatic rings. The number of piperazine rings is 1. The third kappa shape index (κ3) is 4.48. The molecule has 24 heavy (non-hydrogen) atoms. The molecule has 0 bridgehead atoms. The second kappa shape index (κ2) is 7.53. The van der Waals surface area contributed by atoms with Crippen molar-refractivity contribution in [2.24, 2.45) is 5.41 Å². The minimum atomic E-state index is -0.896. The summed E-state index contributed by atoms with van der Waals surface area (Å²) in [6.45, 7) is 10.2. The molecule has 5 nitrogen and oxygen atoms in total. The van der Waals surface area contributed by atoms with Crippen LogP contribution >= 0.6 is 0 Å². The number of benzene rings is 1. The predicted molar refractivity (Wildman–Crippen MR) is 95.0 cm³/mol. The van der Waals surface area contributed by atoms with Crippen LogP contribution in [0.1, 0.15) is 45.7 Å². The first-order chi connectivity index (χ1) is 11.2. The van der Waals surface area contributed by atoms with Crippen LogP contribution in [0, 0.1) is 5.41 Å². The quantitative estimate of drug-likeness (QED) is 0.887. The summed E-state index contributed by atoms with van der Waals surface area (Å²) in [5.41, 5.74) is 1.28. The fourth-order valence-electron chi connectivity index (χ4n) is 3.86.